The van der Waals surface area contributed by atoms with Crippen molar-refractivity contribution in [2.75, 3.05) is 13.7 Å². The van der Waals surface area contributed by atoms with Gasteiger partial charge < -0.3 is 24.9 Å². The van der Waals surface area contributed by atoms with Gasteiger partial charge in [-0.05, 0) is 70.8 Å². The minimum atomic E-state index is -2.59. The number of ether oxygens (including phenoxy) is 1. The van der Waals surface area contributed by atoms with Crippen LogP contribution in [-0.4, -0.2) is 67.7 Å². The fourth-order valence-electron chi connectivity index (χ4n) is 6.62. The van der Waals surface area contributed by atoms with Crippen molar-refractivity contribution < 1.29 is 28.7 Å². The van der Waals surface area contributed by atoms with Gasteiger partial charge in [0.1, 0.15) is 11.6 Å². The molecule has 0 aliphatic heterocycles. The van der Waals surface area contributed by atoms with Crippen molar-refractivity contribution >= 4 is 42.2 Å². The number of nitrogens with one attached hydrogen (secondary N) is 3. The van der Waals surface area contributed by atoms with Gasteiger partial charge in [0.25, 0.3) is 11.8 Å². The van der Waals surface area contributed by atoms with Crippen molar-refractivity contribution in [3.8, 4) is 0 Å². The second-order valence-corrected chi connectivity index (χ2v) is 22.6. The molecule has 0 bridgehead atoms. The van der Waals surface area contributed by atoms with E-state index in [0.29, 0.717) is 38.8 Å². The highest BCUT2D eigenvalue weighted by molar-refractivity contribution is 9.10. The third-order valence-electron chi connectivity index (χ3n) is 10.6. The van der Waals surface area contributed by atoms with Gasteiger partial charge in [0.05, 0.1) is 19.3 Å². The van der Waals surface area contributed by atoms with Crippen molar-refractivity contribution in [2.45, 2.75) is 116 Å². The number of amides is 3. The molecule has 0 heterocycles. The van der Waals surface area contributed by atoms with Gasteiger partial charge in [-0.1, -0.05) is 124 Å². The molecule has 3 aromatic rings. The van der Waals surface area contributed by atoms with Crippen LogP contribution in [0.1, 0.15) is 82.7 Å². The highest BCUT2D eigenvalue weighted by Gasteiger charge is 2.50. The zero-order chi connectivity index (χ0) is 39.9. The summed E-state index contributed by atoms with van der Waals surface area (Å²) in [7, 11) is -1.32. The van der Waals surface area contributed by atoms with E-state index in [2.05, 4.69) is 65.9 Å². The molecule has 0 unspecified atom stereocenters. The average Bonchev–Trinajstić information content (AvgIpc) is 3.41. The van der Waals surface area contributed by atoms with Crippen molar-refractivity contribution in [3.63, 3.8) is 0 Å². The summed E-state index contributed by atoms with van der Waals surface area (Å²) in [6, 6.07) is 24.1. The molecule has 0 aromatic heterocycles. The molecule has 0 spiro atoms. The summed E-state index contributed by atoms with van der Waals surface area (Å²) in [5, 5.41) is 18.8. The van der Waals surface area contributed by atoms with E-state index >= 15 is 4.79 Å². The maximum absolute atomic E-state index is 15.0. The first-order valence-corrected chi connectivity index (χ1v) is 22.4. The summed E-state index contributed by atoms with van der Waals surface area (Å²) in [6.45, 7) is 17.2. The quantitative estimate of drug-likeness (QED) is 0.0918. The number of aliphatic hydroxyl groups excluding tert-OH is 1. The van der Waals surface area contributed by atoms with E-state index in [1.807, 2.05) is 105 Å². The molecule has 4 rings (SSSR count). The lowest BCUT2D eigenvalue weighted by molar-refractivity contribution is -0.141. The van der Waals surface area contributed by atoms with E-state index in [1.165, 1.54) is 7.11 Å². The van der Waals surface area contributed by atoms with Gasteiger partial charge in [-0.2, -0.15) is 0 Å². The maximum Gasteiger partial charge on any atom is 0.407 e. The number of carbonyl (C=O) groups is 3. The molecule has 1 aliphatic rings. The number of halogens is 1. The Labute approximate surface area is 331 Å². The molecule has 0 saturated heterocycles. The highest BCUT2D eigenvalue weighted by Crippen LogP contribution is 2.42. The molecule has 0 fully saturated rings. The number of carbonyl (C=O) groups excluding carboxylic acids is 3. The molecule has 54 heavy (non-hydrogen) atoms. The minimum Gasteiger partial charge on any atom is -0.453 e. The van der Waals surface area contributed by atoms with E-state index in [4.69, 9.17) is 9.16 Å². The molecule has 4 atom stereocenters. The zero-order valence-corrected chi connectivity index (χ0v) is 35.9. The topological polar surface area (TPSA) is 129 Å². The third-order valence-corrected chi connectivity index (χ3v) is 15.7. The Morgan fingerprint density at radius 2 is 1.56 bits per heavy atom. The fraction of sp³-hybridized carbons (Fsp3) is 0.500. The van der Waals surface area contributed by atoms with Gasteiger partial charge in [-0.3, -0.25) is 15.0 Å². The highest BCUT2D eigenvalue weighted by atomic mass is 79.9. The summed E-state index contributed by atoms with van der Waals surface area (Å²) in [4.78, 5) is 41.2. The number of rotatable bonds is 15. The summed E-state index contributed by atoms with van der Waals surface area (Å²) in [5.41, 5.74) is 5.01. The van der Waals surface area contributed by atoms with Crippen LogP contribution in [-0.2, 0) is 38.1 Å². The standard InChI is InChI=1S/C42H59BrN4O6Si/c1-40(2,3)36(45-39(51)52-7)37(49)46-47(28-30-20-22-32(43)23-21-30)25-15-24-42(27-29-16-11-10-12-17-29,53-54(8,9)41(4,5)6)38(50)44-35-33-19-14-13-18-31(33)26-34(35)48/h10-14,16-23,34-36,48H,15,24-28H2,1-9H3,(H,44,50)(H,45,51)(H,46,49)/t34-,35+,36-,42-/m1/s1. The van der Waals surface area contributed by atoms with Crippen LogP contribution in [0.25, 0.3) is 0 Å². The van der Waals surface area contributed by atoms with E-state index in [9.17, 15) is 14.7 Å². The number of hydrogen-bond acceptors (Lipinski definition) is 7. The molecule has 294 valence electrons. The van der Waals surface area contributed by atoms with Gasteiger partial charge in [0.15, 0.2) is 8.32 Å². The van der Waals surface area contributed by atoms with Crippen LogP contribution in [0.15, 0.2) is 83.3 Å². The summed E-state index contributed by atoms with van der Waals surface area (Å²) in [5.74, 6) is -0.653. The Morgan fingerprint density at radius 1 is 0.926 bits per heavy atom. The van der Waals surface area contributed by atoms with Crippen LogP contribution in [0.3, 0.4) is 0 Å². The van der Waals surface area contributed by atoms with E-state index in [1.54, 1.807) is 0 Å². The van der Waals surface area contributed by atoms with Crippen LogP contribution < -0.4 is 16.1 Å². The summed E-state index contributed by atoms with van der Waals surface area (Å²) in [6.07, 6.45) is 0.130. The second-order valence-electron chi connectivity index (χ2n) is 17.0. The number of aliphatic hydroxyl groups is 1. The second kappa shape index (κ2) is 17.9. The molecule has 0 saturated carbocycles. The van der Waals surface area contributed by atoms with E-state index in [0.717, 1.165) is 26.7 Å². The van der Waals surface area contributed by atoms with Gasteiger partial charge >= 0.3 is 6.09 Å². The van der Waals surface area contributed by atoms with Crippen molar-refractivity contribution in [3.05, 3.63) is 106 Å². The van der Waals surface area contributed by atoms with Gasteiger partial charge in [0.2, 0.25) is 0 Å². The number of nitrogens with zero attached hydrogens (tertiary/aromatic N) is 1. The first-order valence-electron chi connectivity index (χ1n) is 18.7. The van der Waals surface area contributed by atoms with Gasteiger partial charge in [-0.25, -0.2) is 9.80 Å². The smallest absolute Gasteiger partial charge is 0.407 e. The van der Waals surface area contributed by atoms with Crippen LogP contribution >= 0.6 is 15.9 Å². The van der Waals surface area contributed by atoms with Crippen molar-refractivity contribution in [2.24, 2.45) is 5.41 Å². The molecule has 4 N–H and O–H groups in total. The normalized spacial score (nSPS) is 17.6. The average molecular weight is 824 g/mol. The number of alkyl carbamates (subject to hydrolysis) is 1. The van der Waals surface area contributed by atoms with Gasteiger partial charge in [-0.15, -0.1) is 0 Å². The summed E-state index contributed by atoms with van der Waals surface area (Å²) >= 11 is 3.51. The van der Waals surface area contributed by atoms with E-state index < -0.39 is 43.6 Å². The molecule has 12 heteroatoms. The first kappa shape index (κ1) is 43.2. The zero-order valence-electron chi connectivity index (χ0n) is 33.3. The van der Waals surface area contributed by atoms with Crippen LogP contribution in [0.4, 0.5) is 4.79 Å². The van der Waals surface area contributed by atoms with Crippen LogP contribution in [0, 0.1) is 5.41 Å². The third kappa shape index (κ3) is 11.3. The first-order chi connectivity index (χ1) is 25.2. The van der Waals surface area contributed by atoms with Crippen LogP contribution in [0.5, 0.6) is 0 Å². The molecule has 0 radical (unpaired) electrons. The van der Waals surface area contributed by atoms with Gasteiger partial charge in [0, 0.05) is 30.4 Å². The maximum atomic E-state index is 15.0. The molecular weight excluding hydrogens is 764 g/mol. The number of hydrogen-bond donors (Lipinski definition) is 4. The fourth-order valence-corrected chi connectivity index (χ4v) is 8.43. The molecule has 3 amide bonds. The van der Waals surface area contributed by atoms with Crippen LogP contribution in [0.2, 0.25) is 18.1 Å². The van der Waals surface area contributed by atoms with Crippen molar-refractivity contribution in [1.82, 2.24) is 21.1 Å². The summed E-state index contributed by atoms with van der Waals surface area (Å²) < 4.78 is 13.1. The SMILES string of the molecule is COC(=O)N[C@H](C(=O)NN(CCC[C@](Cc1ccccc1)(O[Si](C)(C)C(C)(C)C)C(=O)N[C@H]1c2ccccc2C[C@H]1O)Cc1ccc(Br)cc1)C(C)(C)C. The van der Waals surface area contributed by atoms with E-state index in [-0.39, 0.29) is 16.9 Å². The molecule has 1 aliphatic carbocycles. The lowest BCUT2D eigenvalue weighted by Gasteiger charge is -2.45. The Bertz CT molecular complexity index is 1730. The predicted octanol–water partition coefficient (Wildman–Crippen LogP) is 7.61. The Morgan fingerprint density at radius 3 is 2.17 bits per heavy atom. The monoisotopic (exact) mass is 822 g/mol. The minimum absolute atomic E-state index is 0.203. The largest absolute Gasteiger partial charge is 0.453 e. The molecule has 10 nitrogen and oxygen atoms in total. The number of methoxy groups -OCH3 is 1. The Kier molecular flexibility index (Phi) is 14.3. The number of hydrazine groups is 1. The number of fused-ring (bicyclic) bond motifs is 1. The lowest BCUT2D eigenvalue weighted by Crippen LogP contribution is -2.59. The van der Waals surface area contributed by atoms with Crippen molar-refractivity contribution in [1.29, 1.82) is 0 Å². The molecular formula is C42H59BrN4O6Si. The lowest BCUT2D eigenvalue weighted by atomic mass is 9.86. The Balaban J connectivity index is 1.71. The predicted molar refractivity (Wildman–Crippen MR) is 219 cm³/mol. The number of benzene rings is 3. The molecule has 3 aromatic carbocycles. The Hall–Kier alpha value is -3.55.